The highest BCUT2D eigenvalue weighted by atomic mass is 16.5. The molecule has 0 amide bonds. The Bertz CT molecular complexity index is 321. The molecule has 2 rings (SSSR count). The molecule has 2 aliphatic carbocycles. The quantitative estimate of drug-likeness (QED) is 0.336. The van der Waals surface area contributed by atoms with Crippen LogP contribution in [0.15, 0.2) is 35.5 Å². The van der Waals surface area contributed by atoms with E-state index < -0.39 is 0 Å². The monoisotopic (exact) mass is 209 g/mol. The van der Waals surface area contributed by atoms with Crippen molar-refractivity contribution in [3.05, 3.63) is 35.5 Å². The molecule has 0 aromatic rings. The summed E-state index contributed by atoms with van der Waals surface area (Å²) >= 11 is 0. The summed E-state index contributed by atoms with van der Waals surface area (Å²) < 4.78 is 5.20. The first-order valence-electron chi connectivity index (χ1n) is 4.45. The van der Waals surface area contributed by atoms with E-state index in [0.29, 0.717) is 5.06 Å². The molecule has 0 aromatic heterocycles. The Morgan fingerprint density at radius 3 is 2.00 bits per heavy atom. The van der Waals surface area contributed by atoms with Gasteiger partial charge in [-0.25, -0.2) is 5.06 Å². The molecule has 82 valence electrons. The number of guanidine groups is 1. The van der Waals surface area contributed by atoms with Gasteiger partial charge in [-0.15, -0.1) is 0 Å². The summed E-state index contributed by atoms with van der Waals surface area (Å²) in [5.41, 5.74) is 7.26. The topological polar surface area (TPSA) is 82.6 Å². The molecule has 0 unspecified atom stereocenters. The zero-order valence-corrected chi connectivity index (χ0v) is 8.77. The minimum absolute atomic E-state index is 0.255. The van der Waals surface area contributed by atoms with Crippen LogP contribution in [0.3, 0.4) is 0 Å². The molecule has 5 heteroatoms. The largest absolute Gasteiger partial charge is 0.372 e. The molecule has 0 saturated carbocycles. The van der Waals surface area contributed by atoms with Gasteiger partial charge in [-0.1, -0.05) is 24.3 Å². The first-order chi connectivity index (χ1) is 7.06. The summed E-state index contributed by atoms with van der Waals surface area (Å²) in [6.07, 6.45) is 8.66. The second-order valence-corrected chi connectivity index (χ2v) is 3.19. The first-order valence-corrected chi connectivity index (χ1v) is 4.45. The van der Waals surface area contributed by atoms with Crippen LogP contribution in [0.4, 0.5) is 0 Å². The fourth-order valence-corrected chi connectivity index (χ4v) is 1.31. The molecule has 2 bridgehead atoms. The van der Waals surface area contributed by atoms with Crippen molar-refractivity contribution < 1.29 is 9.94 Å². The minimum atomic E-state index is -0.352. The van der Waals surface area contributed by atoms with Gasteiger partial charge in [-0.2, -0.15) is 0 Å². The number of ether oxygens (including phenoxy) is 1. The second-order valence-electron chi connectivity index (χ2n) is 3.19. The Hall–Kier alpha value is -1.59. The minimum Gasteiger partial charge on any atom is -0.372 e. The van der Waals surface area contributed by atoms with Crippen LogP contribution < -0.4 is 5.73 Å². The zero-order chi connectivity index (χ0) is 11.4. The molecule has 15 heavy (non-hydrogen) atoms. The summed E-state index contributed by atoms with van der Waals surface area (Å²) in [6.45, 7) is 0. The van der Waals surface area contributed by atoms with Crippen molar-refractivity contribution in [3.63, 3.8) is 0 Å². The van der Waals surface area contributed by atoms with Gasteiger partial charge in [0.15, 0.2) is 0 Å². The summed E-state index contributed by atoms with van der Waals surface area (Å²) in [4.78, 5) is 0. The number of hydrogen-bond acceptors (Lipinski definition) is 3. The Morgan fingerprint density at radius 2 is 1.87 bits per heavy atom. The molecule has 0 heterocycles. The Kier molecular flexibility index (Phi) is 3.65. The summed E-state index contributed by atoms with van der Waals surface area (Å²) in [5.74, 6) is -0.352. The zero-order valence-electron chi connectivity index (χ0n) is 8.77. The van der Waals surface area contributed by atoms with Crippen LogP contribution in [0.2, 0.25) is 0 Å². The average molecular weight is 209 g/mol. The van der Waals surface area contributed by atoms with Gasteiger partial charge in [0.25, 0.3) is 0 Å². The van der Waals surface area contributed by atoms with Gasteiger partial charge in [0.05, 0.1) is 0 Å². The van der Waals surface area contributed by atoms with Gasteiger partial charge in [-0.05, 0) is 11.1 Å². The van der Waals surface area contributed by atoms with Crippen molar-refractivity contribution in [2.75, 3.05) is 14.2 Å². The third kappa shape index (κ3) is 2.68. The number of nitrogens with two attached hydrogens (primary N) is 1. The maximum absolute atomic E-state index is 8.11. The first kappa shape index (κ1) is 11.5. The number of fused-ring (bicyclic) bond motifs is 2. The lowest BCUT2D eigenvalue weighted by Gasteiger charge is -2.05. The molecule has 2 aliphatic rings. The number of nitrogens with zero attached hydrogens (tertiary/aromatic N) is 1. The lowest BCUT2D eigenvalue weighted by Crippen LogP contribution is -2.29. The number of nitrogens with one attached hydrogen (secondary N) is 1. The van der Waals surface area contributed by atoms with Gasteiger partial charge in [0.2, 0.25) is 5.96 Å². The van der Waals surface area contributed by atoms with Crippen molar-refractivity contribution in [3.8, 4) is 0 Å². The molecule has 5 nitrogen and oxygen atoms in total. The Labute approximate surface area is 88.6 Å². The number of hydroxylamine groups is 2. The van der Waals surface area contributed by atoms with Gasteiger partial charge in [-0.3, -0.25) is 10.6 Å². The average Bonchev–Trinajstić information content (AvgIpc) is 2.76. The molecule has 0 fully saturated rings. The van der Waals surface area contributed by atoms with Gasteiger partial charge in [0.1, 0.15) is 6.10 Å². The van der Waals surface area contributed by atoms with Crippen molar-refractivity contribution >= 4 is 5.96 Å². The third-order valence-corrected chi connectivity index (χ3v) is 2.13. The SMILES string of the molecule is CN(O)C(=N)N.COC1C2=CC=C1C=C2. The van der Waals surface area contributed by atoms with Crippen LogP contribution in [0, 0.1) is 5.41 Å². The molecular formula is C10H15N3O2. The number of methoxy groups -OCH3 is 1. The molecule has 0 saturated heterocycles. The number of hydrogen-bond donors (Lipinski definition) is 3. The smallest absolute Gasteiger partial charge is 0.212 e. The van der Waals surface area contributed by atoms with E-state index in [1.54, 1.807) is 7.11 Å². The summed E-state index contributed by atoms with van der Waals surface area (Å²) in [5, 5.41) is 15.0. The van der Waals surface area contributed by atoms with Gasteiger partial charge in [0, 0.05) is 14.2 Å². The predicted molar refractivity (Wildman–Crippen MR) is 57.6 cm³/mol. The van der Waals surface area contributed by atoms with Gasteiger partial charge < -0.3 is 10.5 Å². The highest BCUT2D eigenvalue weighted by Crippen LogP contribution is 2.30. The highest BCUT2D eigenvalue weighted by molar-refractivity contribution is 5.72. The maximum atomic E-state index is 8.11. The fraction of sp³-hybridized carbons (Fsp3) is 0.300. The van der Waals surface area contributed by atoms with Crippen LogP contribution >= 0.6 is 0 Å². The van der Waals surface area contributed by atoms with Crippen molar-refractivity contribution in [2.45, 2.75) is 6.10 Å². The predicted octanol–water partition coefficient (Wildman–Crippen LogP) is 0.638. The number of allylic oxidation sites excluding steroid dienone is 2. The van der Waals surface area contributed by atoms with E-state index in [2.05, 4.69) is 24.3 Å². The van der Waals surface area contributed by atoms with E-state index in [-0.39, 0.29) is 12.1 Å². The van der Waals surface area contributed by atoms with E-state index in [1.807, 2.05) is 0 Å². The third-order valence-electron chi connectivity index (χ3n) is 2.13. The van der Waals surface area contributed by atoms with Crippen LogP contribution in [-0.4, -0.2) is 36.5 Å². The van der Waals surface area contributed by atoms with Crippen LogP contribution in [0.25, 0.3) is 0 Å². The van der Waals surface area contributed by atoms with E-state index >= 15 is 0 Å². The summed E-state index contributed by atoms with van der Waals surface area (Å²) in [7, 11) is 3.02. The maximum Gasteiger partial charge on any atom is 0.212 e. The van der Waals surface area contributed by atoms with E-state index in [0.717, 1.165) is 0 Å². The summed E-state index contributed by atoms with van der Waals surface area (Å²) in [6, 6.07) is 0. The van der Waals surface area contributed by atoms with E-state index in [9.17, 15) is 0 Å². The van der Waals surface area contributed by atoms with Crippen molar-refractivity contribution in [1.82, 2.24) is 5.06 Å². The van der Waals surface area contributed by atoms with Crippen molar-refractivity contribution in [2.24, 2.45) is 5.73 Å². The molecule has 0 aromatic carbocycles. The lowest BCUT2D eigenvalue weighted by atomic mass is 10.2. The molecule has 0 spiro atoms. The Balaban J connectivity index is 0.000000167. The van der Waals surface area contributed by atoms with E-state index in [4.69, 9.17) is 21.1 Å². The fourth-order valence-electron chi connectivity index (χ4n) is 1.31. The van der Waals surface area contributed by atoms with Crippen LogP contribution in [0.5, 0.6) is 0 Å². The molecular weight excluding hydrogens is 194 g/mol. The van der Waals surface area contributed by atoms with Crippen LogP contribution in [0.1, 0.15) is 0 Å². The molecule has 0 radical (unpaired) electrons. The normalized spacial score (nSPS) is 16.7. The van der Waals surface area contributed by atoms with E-state index in [1.165, 1.54) is 18.2 Å². The second kappa shape index (κ2) is 4.77. The Morgan fingerprint density at radius 1 is 1.47 bits per heavy atom. The standard InChI is InChI=1S/C8H8O.C2H7N3O/c1-9-8-6-2-3-7(8)5-4-6;1-5(6)2(3)4/h2-5,8H,1H3;6H,1H3,(H3,3,4). The molecule has 0 atom stereocenters. The van der Waals surface area contributed by atoms with Gasteiger partial charge >= 0.3 is 0 Å². The van der Waals surface area contributed by atoms with Crippen molar-refractivity contribution in [1.29, 1.82) is 5.41 Å². The molecule has 4 N–H and O–H groups in total. The van der Waals surface area contributed by atoms with Crippen LogP contribution in [-0.2, 0) is 4.74 Å². The highest BCUT2D eigenvalue weighted by Gasteiger charge is 2.23. The number of rotatable bonds is 1. The lowest BCUT2D eigenvalue weighted by molar-refractivity contribution is 0.0110. The molecule has 0 aliphatic heterocycles.